The zero-order valence-corrected chi connectivity index (χ0v) is 12.3. The fourth-order valence-electron chi connectivity index (χ4n) is 2.75. The van der Waals surface area contributed by atoms with E-state index in [1.165, 1.54) is 5.56 Å². The van der Waals surface area contributed by atoms with Crippen LogP contribution in [0.25, 0.3) is 0 Å². The third kappa shape index (κ3) is 2.93. The van der Waals surface area contributed by atoms with Gasteiger partial charge in [-0.1, -0.05) is 17.7 Å². The van der Waals surface area contributed by atoms with E-state index in [2.05, 4.69) is 10.6 Å². The van der Waals surface area contributed by atoms with Crippen molar-refractivity contribution in [2.24, 2.45) is 5.92 Å². The second-order valence-corrected chi connectivity index (χ2v) is 5.88. The smallest absolute Gasteiger partial charge is 0.249 e. The molecule has 0 aliphatic carbocycles. The third-order valence-electron chi connectivity index (χ3n) is 4.25. The summed E-state index contributed by atoms with van der Waals surface area (Å²) in [5, 5.41) is 5.99. The van der Waals surface area contributed by atoms with Crippen LogP contribution in [-0.2, 0) is 9.59 Å². The molecule has 0 spiro atoms. The molecule has 0 saturated carbocycles. The maximum atomic E-state index is 12.6. The van der Waals surface area contributed by atoms with Gasteiger partial charge in [0.15, 0.2) is 0 Å². The molecule has 2 fully saturated rings. The predicted octanol–water partition coefficient (Wildman–Crippen LogP) is 0.826. The normalized spacial score (nSPS) is 22.8. The van der Waals surface area contributed by atoms with Gasteiger partial charge in [0.25, 0.3) is 0 Å². The quantitative estimate of drug-likeness (QED) is 0.865. The van der Waals surface area contributed by atoms with E-state index in [4.69, 9.17) is 0 Å². The summed E-state index contributed by atoms with van der Waals surface area (Å²) in [5.74, 6) is 0.0242. The van der Waals surface area contributed by atoms with Gasteiger partial charge in [0.05, 0.1) is 5.92 Å². The molecule has 5 heteroatoms. The van der Waals surface area contributed by atoms with Gasteiger partial charge in [0.1, 0.15) is 6.04 Å². The average molecular weight is 287 g/mol. The molecule has 0 aromatic heterocycles. The summed E-state index contributed by atoms with van der Waals surface area (Å²) in [7, 11) is 0. The summed E-state index contributed by atoms with van der Waals surface area (Å²) in [4.78, 5) is 26.4. The van der Waals surface area contributed by atoms with E-state index in [-0.39, 0.29) is 23.8 Å². The van der Waals surface area contributed by atoms with E-state index in [0.29, 0.717) is 13.1 Å². The fraction of sp³-hybridized carbons (Fsp3) is 0.500. The van der Waals surface area contributed by atoms with Crippen molar-refractivity contribution in [1.82, 2.24) is 10.6 Å². The van der Waals surface area contributed by atoms with Crippen LogP contribution < -0.4 is 15.5 Å². The van der Waals surface area contributed by atoms with Crippen LogP contribution in [-0.4, -0.2) is 37.5 Å². The maximum absolute atomic E-state index is 12.6. The molecule has 0 bridgehead atoms. The van der Waals surface area contributed by atoms with Gasteiger partial charge in [-0.05, 0) is 31.9 Å². The SMILES string of the molecule is Cc1ccc(N2CCCC(NC(=O)C3CNC3)C2=O)cc1. The Labute approximate surface area is 124 Å². The molecule has 112 valence electrons. The Morgan fingerprint density at radius 1 is 1.29 bits per heavy atom. The van der Waals surface area contributed by atoms with Crippen molar-refractivity contribution in [1.29, 1.82) is 0 Å². The zero-order valence-electron chi connectivity index (χ0n) is 12.3. The van der Waals surface area contributed by atoms with E-state index < -0.39 is 0 Å². The van der Waals surface area contributed by atoms with E-state index in [9.17, 15) is 9.59 Å². The molecular weight excluding hydrogens is 266 g/mol. The molecule has 1 unspecified atom stereocenters. The number of benzene rings is 1. The molecule has 3 rings (SSSR count). The van der Waals surface area contributed by atoms with Crippen LogP contribution in [0, 0.1) is 12.8 Å². The Kier molecular flexibility index (Phi) is 3.92. The molecule has 2 heterocycles. The predicted molar refractivity (Wildman–Crippen MR) is 81.1 cm³/mol. The lowest BCUT2D eigenvalue weighted by Gasteiger charge is -2.34. The lowest BCUT2D eigenvalue weighted by molar-refractivity contribution is -0.131. The Hall–Kier alpha value is -1.88. The zero-order chi connectivity index (χ0) is 14.8. The highest BCUT2D eigenvalue weighted by molar-refractivity contribution is 6.00. The van der Waals surface area contributed by atoms with Crippen LogP contribution in [0.5, 0.6) is 0 Å². The number of hydrogen-bond donors (Lipinski definition) is 2. The van der Waals surface area contributed by atoms with Crippen LogP contribution in [0.15, 0.2) is 24.3 Å². The molecule has 1 atom stereocenters. The Bertz CT molecular complexity index is 537. The molecule has 0 radical (unpaired) electrons. The lowest BCUT2D eigenvalue weighted by Crippen LogP contribution is -2.57. The summed E-state index contributed by atoms with van der Waals surface area (Å²) in [5.41, 5.74) is 2.08. The van der Waals surface area contributed by atoms with E-state index in [0.717, 1.165) is 25.1 Å². The van der Waals surface area contributed by atoms with Crippen molar-refractivity contribution in [3.05, 3.63) is 29.8 Å². The molecule has 2 aliphatic rings. The summed E-state index contributed by atoms with van der Waals surface area (Å²) < 4.78 is 0. The van der Waals surface area contributed by atoms with Crippen LogP contribution >= 0.6 is 0 Å². The molecule has 21 heavy (non-hydrogen) atoms. The number of carbonyl (C=O) groups excluding carboxylic acids is 2. The largest absolute Gasteiger partial charge is 0.344 e. The molecule has 2 amide bonds. The van der Waals surface area contributed by atoms with Gasteiger partial charge in [-0.15, -0.1) is 0 Å². The minimum Gasteiger partial charge on any atom is -0.344 e. The Morgan fingerprint density at radius 2 is 2.00 bits per heavy atom. The molecule has 1 aromatic rings. The first-order chi connectivity index (χ1) is 10.1. The first kappa shape index (κ1) is 14.1. The Balaban J connectivity index is 1.68. The van der Waals surface area contributed by atoms with Gasteiger partial charge in [-0.3, -0.25) is 9.59 Å². The number of nitrogens with zero attached hydrogens (tertiary/aromatic N) is 1. The monoisotopic (exact) mass is 287 g/mol. The maximum Gasteiger partial charge on any atom is 0.249 e. The second-order valence-electron chi connectivity index (χ2n) is 5.88. The van der Waals surface area contributed by atoms with Gasteiger partial charge in [-0.2, -0.15) is 0 Å². The van der Waals surface area contributed by atoms with Crippen LogP contribution in [0.2, 0.25) is 0 Å². The molecule has 5 nitrogen and oxygen atoms in total. The molecule has 2 N–H and O–H groups in total. The average Bonchev–Trinajstić information content (AvgIpc) is 2.40. The van der Waals surface area contributed by atoms with Crippen LogP contribution in [0.3, 0.4) is 0 Å². The molecule has 1 aromatic carbocycles. The number of amides is 2. The summed E-state index contributed by atoms with van der Waals surface area (Å²) in [6, 6.07) is 7.56. The van der Waals surface area contributed by atoms with Crippen molar-refractivity contribution in [2.45, 2.75) is 25.8 Å². The van der Waals surface area contributed by atoms with Crippen molar-refractivity contribution in [2.75, 3.05) is 24.5 Å². The minimum absolute atomic E-state index is 0.00199. The second kappa shape index (κ2) is 5.85. The number of nitrogens with one attached hydrogen (secondary N) is 2. The van der Waals surface area contributed by atoms with Crippen molar-refractivity contribution >= 4 is 17.5 Å². The molecular formula is C16H21N3O2. The minimum atomic E-state index is -0.381. The summed E-state index contributed by atoms with van der Waals surface area (Å²) in [6.07, 6.45) is 1.64. The highest BCUT2D eigenvalue weighted by atomic mass is 16.2. The molecule has 2 aliphatic heterocycles. The number of anilines is 1. The first-order valence-electron chi connectivity index (χ1n) is 7.54. The third-order valence-corrected chi connectivity index (χ3v) is 4.25. The fourth-order valence-corrected chi connectivity index (χ4v) is 2.75. The highest BCUT2D eigenvalue weighted by Crippen LogP contribution is 2.22. The van der Waals surface area contributed by atoms with Gasteiger partial charge < -0.3 is 15.5 Å². The highest BCUT2D eigenvalue weighted by Gasteiger charge is 2.33. The van der Waals surface area contributed by atoms with Gasteiger partial charge in [0, 0.05) is 25.3 Å². The van der Waals surface area contributed by atoms with Crippen molar-refractivity contribution in [3.8, 4) is 0 Å². The summed E-state index contributed by atoms with van der Waals surface area (Å²) in [6.45, 7) is 4.18. The topological polar surface area (TPSA) is 61.4 Å². The summed E-state index contributed by atoms with van der Waals surface area (Å²) >= 11 is 0. The standard InChI is InChI=1S/C16H21N3O2/c1-11-4-6-13(7-5-11)19-8-2-3-14(16(19)21)18-15(20)12-9-17-10-12/h4-7,12,14,17H,2-3,8-10H2,1H3,(H,18,20). The first-order valence-corrected chi connectivity index (χ1v) is 7.54. The van der Waals surface area contributed by atoms with Crippen LogP contribution in [0.4, 0.5) is 5.69 Å². The molecule has 2 saturated heterocycles. The number of piperidine rings is 1. The van der Waals surface area contributed by atoms with Crippen LogP contribution in [0.1, 0.15) is 18.4 Å². The van der Waals surface area contributed by atoms with Gasteiger partial charge in [-0.25, -0.2) is 0 Å². The van der Waals surface area contributed by atoms with E-state index in [1.807, 2.05) is 31.2 Å². The van der Waals surface area contributed by atoms with Gasteiger partial charge in [0.2, 0.25) is 11.8 Å². The Morgan fingerprint density at radius 3 is 2.62 bits per heavy atom. The van der Waals surface area contributed by atoms with E-state index >= 15 is 0 Å². The number of rotatable bonds is 3. The van der Waals surface area contributed by atoms with Gasteiger partial charge >= 0.3 is 0 Å². The number of aryl methyl sites for hydroxylation is 1. The number of carbonyl (C=O) groups is 2. The van der Waals surface area contributed by atoms with Crippen molar-refractivity contribution < 1.29 is 9.59 Å². The van der Waals surface area contributed by atoms with E-state index in [1.54, 1.807) is 4.90 Å². The lowest BCUT2D eigenvalue weighted by atomic mass is 9.99. The number of hydrogen-bond acceptors (Lipinski definition) is 3. The van der Waals surface area contributed by atoms with Crippen molar-refractivity contribution in [3.63, 3.8) is 0 Å².